The van der Waals surface area contributed by atoms with Gasteiger partial charge in [-0.25, -0.2) is 9.18 Å². The topological polar surface area (TPSA) is 61.4 Å². The van der Waals surface area contributed by atoms with Crippen LogP contribution in [0.1, 0.15) is 67.4 Å². The third-order valence-electron chi connectivity index (χ3n) is 7.83. The summed E-state index contributed by atoms with van der Waals surface area (Å²) in [4.78, 5) is 27.2. The summed E-state index contributed by atoms with van der Waals surface area (Å²) >= 11 is 0. The molecule has 4 bridgehead atoms. The number of halogens is 1. The van der Waals surface area contributed by atoms with Gasteiger partial charge in [-0.05, 0) is 80.7 Å². The van der Waals surface area contributed by atoms with E-state index in [1.165, 1.54) is 0 Å². The molecule has 3 atom stereocenters. The van der Waals surface area contributed by atoms with Gasteiger partial charge in [0.2, 0.25) is 0 Å². The van der Waals surface area contributed by atoms with Crippen LogP contribution in [0.2, 0.25) is 0 Å². The molecule has 0 saturated heterocycles. The minimum Gasteiger partial charge on any atom is -0.346 e. The van der Waals surface area contributed by atoms with Gasteiger partial charge in [0.25, 0.3) is 5.91 Å². The summed E-state index contributed by atoms with van der Waals surface area (Å²) in [6.45, 7) is 1.92. The van der Waals surface area contributed by atoms with Crippen molar-refractivity contribution in [3.63, 3.8) is 0 Å². The van der Waals surface area contributed by atoms with E-state index in [9.17, 15) is 9.59 Å². The lowest BCUT2D eigenvalue weighted by molar-refractivity contribution is -0.0937. The largest absolute Gasteiger partial charge is 0.346 e. The van der Waals surface area contributed by atoms with Crippen LogP contribution in [0, 0.1) is 11.8 Å². The Bertz CT molecular complexity index is 1030. The third-order valence-corrected chi connectivity index (χ3v) is 7.83. The van der Waals surface area contributed by atoms with Crippen LogP contribution >= 0.6 is 0 Å². The van der Waals surface area contributed by atoms with E-state index in [1.807, 2.05) is 49.4 Å². The monoisotopic (exact) mass is 449 g/mol. The third kappa shape index (κ3) is 4.35. The molecule has 33 heavy (non-hydrogen) atoms. The van der Waals surface area contributed by atoms with Crippen LogP contribution in [-0.2, 0) is 0 Å². The molecule has 2 N–H and O–H groups in total. The molecule has 2 aromatic rings. The van der Waals surface area contributed by atoms with Crippen molar-refractivity contribution in [3.8, 4) is 0 Å². The summed E-state index contributed by atoms with van der Waals surface area (Å²) < 4.78 is 15.2. The normalized spacial score (nSPS) is 30.5. The number of carbonyl (C=O) groups excluding carboxylic acids is 2. The molecule has 4 aliphatic carbocycles. The van der Waals surface area contributed by atoms with Crippen molar-refractivity contribution < 1.29 is 14.0 Å². The van der Waals surface area contributed by atoms with Gasteiger partial charge >= 0.3 is 6.03 Å². The van der Waals surface area contributed by atoms with Crippen molar-refractivity contribution in [3.05, 3.63) is 65.7 Å². The van der Waals surface area contributed by atoms with E-state index in [4.69, 9.17) is 0 Å². The maximum Gasteiger partial charge on any atom is 0.322 e. The van der Waals surface area contributed by atoms with Crippen LogP contribution in [0.15, 0.2) is 54.6 Å². The molecule has 6 rings (SSSR count). The summed E-state index contributed by atoms with van der Waals surface area (Å²) in [5, 5.41) is 6.22. The van der Waals surface area contributed by atoms with Crippen molar-refractivity contribution in [2.75, 3.05) is 11.9 Å². The van der Waals surface area contributed by atoms with Crippen LogP contribution in [0.4, 0.5) is 14.9 Å². The maximum absolute atomic E-state index is 15.2. The number of amides is 3. The molecule has 5 nitrogen and oxygen atoms in total. The molecular formula is C27H32FN3O2. The quantitative estimate of drug-likeness (QED) is 0.643. The molecule has 0 radical (unpaired) electrons. The molecule has 3 unspecified atom stereocenters. The van der Waals surface area contributed by atoms with Gasteiger partial charge in [0.15, 0.2) is 0 Å². The Kier molecular flexibility index (Phi) is 5.42. The Morgan fingerprint density at radius 3 is 2.24 bits per heavy atom. The van der Waals surface area contributed by atoms with Crippen LogP contribution < -0.4 is 15.5 Å². The highest BCUT2D eigenvalue weighted by Crippen LogP contribution is 2.59. The van der Waals surface area contributed by atoms with Gasteiger partial charge in [-0.2, -0.15) is 0 Å². The smallest absolute Gasteiger partial charge is 0.322 e. The zero-order valence-electron chi connectivity index (χ0n) is 19.3. The Hall–Kier alpha value is -2.89. The standard InChI is InChI=1S/C27H32FN3O2/c1-18(29-25(33)31(2)23-6-4-3-5-7-23)21-8-10-22(11-9-21)24(32)30-27-15-19-12-20(16-27)14-26(28,13-19)17-27/h3-11,18-20H,12-17H2,1-2H3,(H,29,33)(H,30,32). The summed E-state index contributed by atoms with van der Waals surface area (Å²) in [7, 11) is 1.73. The maximum atomic E-state index is 15.2. The zero-order chi connectivity index (χ0) is 23.2. The molecule has 4 aliphatic rings. The molecule has 2 aromatic carbocycles. The first-order valence-corrected chi connectivity index (χ1v) is 11.9. The van der Waals surface area contributed by atoms with Crippen molar-refractivity contribution in [1.82, 2.24) is 10.6 Å². The van der Waals surface area contributed by atoms with E-state index in [0.29, 0.717) is 36.7 Å². The lowest BCUT2D eigenvalue weighted by Crippen LogP contribution is -2.64. The van der Waals surface area contributed by atoms with Crippen molar-refractivity contribution in [2.45, 2.75) is 62.7 Å². The number of nitrogens with one attached hydrogen (secondary N) is 2. The van der Waals surface area contributed by atoms with Crippen LogP contribution in [0.3, 0.4) is 0 Å². The second-order valence-electron chi connectivity index (χ2n) is 10.5. The van der Waals surface area contributed by atoms with Crippen LogP contribution in [0.5, 0.6) is 0 Å². The Morgan fingerprint density at radius 1 is 1.00 bits per heavy atom. The Morgan fingerprint density at radius 2 is 1.64 bits per heavy atom. The number of alkyl halides is 1. The van der Waals surface area contributed by atoms with Gasteiger partial charge in [0.1, 0.15) is 5.67 Å². The highest BCUT2D eigenvalue weighted by Gasteiger charge is 2.58. The van der Waals surface area contributed by atoms with Crippen molar-refractivity contribution in [2.24, 2.45) is 11.8 Å². The fourth-order valence-electron chi connectivity index (χ4n) is 6.67. The first kappa shape index (κ1) is 21.9. The molecule has 0 heterocycles. The predicted octanol–water partition coefficient (Wildman–Crippen LogP) is 5.38. The molecule has 174 valence electrons. The number of carbonyl (C=O) groups is 2. The second-order valence-corrected chi connectivity index (χ2v) is 10.5. The molecule has 0 spiro atoms. The minimum absolute atomic E-state index is 0.132. The molecule has 0 aliphatic heterocycles. The average Bonchev–Trinajstić information content (AvgIpc) is 2.77. The van der Waals surface area contributed by atoms with Crippen LogP contribution in [0.25, 0.3) is 0 Å². The Balaban J connectivity index is 1.21. The Labute approximate surface area is 194 Å². The number of anilines is 1. The molecule has 4 fully saturated rings. The molecular weight excluding hydrogens is 417 g/mol. The van der Waals surface area contributed by atoms with Gasteiger partial charge in [-0.3, -0.25) is 9.69 Å². The lowest BCUT2D eigenvalue weighted by Gasteiger charge is -2.59. The van der Waals surface area contributed by atoms with E-state index in [-0.39, 0.29) is 18.0 Å². The number of para-hydroxylation sites is 1. The number of hydrogen-bond acceptors (Lipinski definition) is 2. The van der Waals surface area contributed by atoms with E-state index in [1.54, 1.807) is 24.1 Å². The average molecular weight is 450 g/mol. The van der Waals surface area contributed by atoms with Crippen LogP contribution in [-0.4, -0.2) is 30.2 Å². The van der Waals surface area contributed by atoms with Crippen molar-refractivity contribution >= 4 is 17.6 Å². The van der Waals surface area contributed by atoms with Crippen molar-refractivity contribution in [1.29, 1.82) is 0 Å². The number of hydrogen-bond donors (Lipinski definition) is 2. The van der Waals surface area contributed by atoms with E-state index >= 15 is 4.39 Å². The number of rotatable bonds is 5. The second kappa shape index (κ2) is 8.15. The summed E-state index contributed by atoms with van der Waals surface area (Å²) in [5.41, 5.74) is 0.815. The molecule has 4 saturated carbocycles. The van der Waals surface area contributed by atoms with Gasteiger partial charge in [0.05, 0.1) is 6.04 Å². The molecule has 0 aromatic heterocycles. The highest BCUT2D eigenvalue weighted by molar-refractivity contribution is 5.95. The first-order valence-electron chi connectivity index (χ1n) is 11.9. The zero-order valence-corrected chi connectivity index (χ0v) is 19.3. The summed E-state index contributed by atoms with van der Waals surface area (Å²) in [6, 6.07) is 16.4. The first-order chi connectivity index (χ1) is 15.7. The minimum atomic E-state index is -1.10. The highest BCUT2D eigenvalue weighted by atomic mass is 19.1. The lowest BCUT2D eigenvalue weighted by atomic mass is 9.51. The van der Waals surface area contributed by atoms with E-state index in [2.05, 4.69) is 10.6 Å². The predicted molar refractivity (Wildman–Crippen MR) is 127 cm³/mol. The number of benzene rings is 2. The SMILES string of the molecule is CC(NC(=O)N(C)c1ccccc1)c1ccc(C(=O)NC23CC4CC(CC(F)(C4)C2)C3)cc1. The summed E-state index contributed by atoms with van der Waals surface area (Å²) in [6.07, 6.45) is 4.70. The number of nitrogens with zero attached hydrogens (tertiary/aromatic N) is 1. The van der Waals surface area contributed by atoms with Gasteiger partial charge in [0, 0.05) is 30.3 Å². The van der Waals surface area contributed by atoms with Gasteiger partial charge in [-0.15, -0.1) is 0 Å². The van der Waals surface area contributed by atoms with E-state index in [0.717, 1.165) is 30.5 Å². The fourth-order valence-corrected chi connectivity index (χ4v) is 6.67. The molecule has 6 heteroatoms. The fraction of sp³-hybridized carbons (Fsp3) is 0.481. The van der Waals surface area contributed by atoms with Gasteiger partial charge in [-0.1, -0.05) is 30.3 Å². The van der Waals surface area contributed by atoms with E-state index < -0.39 is 11.2 Å². The van der Waals surface area contributed by atoms with Gasteiger partial charge < -0.3 is 10.6 Å². The number of urea groups is 1. The molecule has 3 amide bonds. The summed E-state index contributed by atoms with van der Waals surface area (Å²) in [5.74, 6) is 0.669.